The predicted octanol–water partition coefficient (Wildman–Crippen LogP) is 2.46. The SMILES string of the molecule is CN(C)C(=O)N1CCN(c2cc(SNC3(C)CC3)cn3c(NC(=O)CCl)cnc23)CC1. The van der Waals surface area contributed by atoms with Gasteiger partial charge < -0.3 is 20.0 Å². The highest BCUT2D eigenvalue weighted by Gasteiger charge is 2.37. The molecule has 1 saturated heterocycles. The van der Waals surface area contributed by atoms with Gasteiger partial charge in [-0.25, -0.2) is 9.78 Å². The molecule has 1 aliphatic heterocycles. The molecule has 0 unspecified atom stereocenters. The molecule has 1 aliphatic carbocycles. The molecule has 2 fully saturated rings. The highest BCUT2D eigenvalue weighted by molar-refractivity contribution is 7.97. The lowest BCUT2D eigenvalue weighted by atomic mass is 10.2. The standard InChI is InChI=1S/C20H28ClN7O2S/c1-20(4-5-20)24-31-14-10-15(26-6-8-27(9-7-26)19(30)25(2)3)18-22-12-16(28(18)13-14)23-17(29)11-21/h10,12-13,24H,4-9,11H2,1-3H3,(H,23,29). The fraction of sp³-hybridized carbons (Fsp3) is 0.550. The Morgan fingerprint density at radius 1 is 1.26 bits per heavy atom. The molecule has 1 saturated carbocycles. The summed E-state index contributed by atoms with van der Waals surface area (Å²) in [6.45, 7) is 4.93. The Labute approximate surface area is 191 Å². The number of anilines is 2. The molecule has 0 bridgehead atoms. The van der Waals surface area contributed by atoms with Gasteiger partial charge in [-0.15, -0.1) is 11.6 Å². The van der Waals surface area contributed by atoms with Crippen LogP contribution in [-0.2, 0) is 4.79 Å². The summed E-state index contributed by atoms with van der Waals surface area (Å²) in [6.07, 6.45) is 5.96. The van der Waals surface area contributed by atoms with Crippen LogP contribution in [0.15, 0.2) is 23.4 Å². The smallest absolute Gasteiger partial charge is 0.319 e. The summed E-state index contributed by atoms with van der Waals surface area (Å²) in [5.41, 5.74) is 1.93. The molecule has 9 nitrogen and oxygen atoms in total. The zero-order chi connectivity index (χ0) is 22.2. The Hall–Kier alpha value is -2.17. The van der Waals surface area contributed by atoms with Gasteiger partial charge in [0.15, 0.2) is 5.65 Å². The lowest BCUT2D eigenvalue weighted by molar-refractivity contribution is -0.113. The van der Waals surface area contributed by atoms with Crippen LogP contribution in [0, 0.1) is 0 Å². The normalized spacial score (nSPS) is 17.7. The van der Waals surface area contributed by atoms with Crippen molar-refractivity contribution >= 4 is 52.6 Å². The van der Waals surface area contributed by atoms with E-state index in [-0.39, 0.29) is 23.4 Å². The van der Waals surface area contributed by atoms with Gasteiger partial charge in [0, 0.05) is 56.9 Å². The minimum atomic E-state index is -0.275. The number of carbonyl (C=O) groups excluding carboxylic acids is 2. The number of nitrogens with zero attached hydrogens (tertiary/aromatic N) is 5. The average molecular weight is 466 g/mol. The maximum atomic E-state index is 12.3. The van der Waals surface area contributed by atoms with E-state index in [9.17, 15) is 9.59 Å². The fourth-order valence-electron chi connectivity index (χ4n) is 3.50. The first kappa shape index (κ1) is 22.0. The van der Waals surface area contributed by atoms with Crippen LogP contribution in [0.1, 0.15) is 19.8 Å². The summed E-state index contributed by atoms with van der Waals surface area (Å²) >= 11 is 7.27. The molecule has 3 heterocycles. The molecular weight excluding hydrogens is 438 g/mol. The van der Waals surface area contributed by atoms with Crippen LogP contribution in [0.3, 0.4) is 0 Å². The third-order valence-corrected chi connectivity index (χ3v) is 6.94. The number of alkyl halides is 1. The summed E-state index contributed by atoms with van der Waals surface area (Å²) in [5.74, 6) is 0.196. The van der Waals surface area contributed by atoms with Crippen molar-refractivity contribution in [3.8, 4) is 0 Å². The summed E-state index contributed by atoms with van der Waals surface area (Å²) in [5, 5.41) is 2.81. The maximum Gasteiger partial charge on any atom is 0.319 e. The van der Waals surface area contributed by atoms with E-state index >= 15 is 0 Å². The number of halogens is 1. The molecule has 0 aromatic carbocycles. The van der Waals surface area contributed by atoms with E-state index in [4.69, 9.17) is 11.6 Å². The van der Waals surface area contributed by atoms with Crippen molar-refractivity contribution in [3.05, 3.63) is 18.5 Å². The Balaban J connectivity index is 1.61. The van der Waals surface area contributed by atoms with Gasteiger partial charge in [-0.2, -0.15) is 0 Å². The third kappa shape index (κ3) is 4.86. The number of fused-ring (bicyclic) bond motifs is 1. The van der Waals surface area contributed by atoms with Crippen molar-refractivity contribution in [1.29, 1.82) is 0 Å². The van der Waals surface area contributed by atoms with E-state index in [1.807, 2.05) is 15.5 Å². The number of urea groups is 1. The van der Waals surface area contributed by atoms with E-state index in [1.165, 1.54) is 12.8 Å². The molecule has 0 spiro atoms. The van der Waals surface area contributed by atoms with Crippen molar-refractivity contribution in [2.75, 3.05) is 56.4 Å². The van der Waals surface area contributed by atoms with Gasteiger partial charge in [0.05, 0.1) is 11.9 Å². The molecule has 2 aromatic heterocycles. The van der Waals surface area contributed by atoms with E-state index in [0.717, 1.165) is 16.2 Å². The van der Waals surface area contributed by atoms with E-state index < -0.39 is 0 Å². The monoisotopic (exact) mass is 465 g/mol. The lowest BCUT2D eigenvalue weighted by Gasteiger charge is -2.37. The molecule has 2 aliphatic rings. The van der Waals surface area contributed by atoms with Crippen LogP contribution < -0.4 is 14.9 Å². The van der Waals surface area contributed by atoms with E-state index in [1.54, 1.807) is 37.1 Å². The van der Waals surface area contributed by atoms with Crippen molar-refractivity contribution < 1.29 is 9.59 Å². The fourth-order valence-corrected chi connectivity index (χ4v) is 4.46. The second kappa shape index (κ2) is 8.76. The zero-order valence-electron chi connectivity index (χ0n) is 18.0. The van der Waals surface area contributed by atoms with E-state index in [2.05, 4.69) is 32.9 Å². The molecule has 2 N–H and O–H groups in total. The number of amides is 3. The zero-order valence-corrected chi connectivity index (χ0v) is 19.6. The third-order valence-electron chi connectivity index (χ3n) is 5.64. The second-order valence-corrected chi connectivity index (χ2v) is 9.64. The number of imidazole rings is 1. The Morgan fingerprint density at radius 3 is 2.58 bits per heavy atom. The number of rotatable bonds is 6. The Morgan fingerprint density at radius 2 is 1.97 bits per heavy atom. The molecule has 0 radical (unpaired) electrons. The Bertz CT molecular complexity index is 983. The lowest BCUT2D eigenvalue weighted by Crippen LogP contribution is -2.51. The molecule has 11 heteroatoms. The minimum absolute atomic E-state index is 0.0304. The summed E-state index contributed by atoms with van der Waals surface area (Å²) in [4.78, 5) is 35.5. The van der Waals surface area contributed by atoms with Crippen LogP contribution in [0.5, 0.6) is 0 Å². The Kier molecular flexibility index (Phi) is 6.23. The quantitative estimate of drug-likeness (QED) is 0.503. The van der Waals surface area contributed by atoms with Crippen molar-refractivity contribution in [3.63, 3.8) is 0 Å². The summed E-state index contributed by atoms with van der Waals surface area (Å²) in [6, 6.07) is 2.16. The van der Waals surface area contributed by atoms with Crippen LogP contribution in [0.2, 0.25) is 0 Å². The number of piperazine rings is 1. The molecule has 31 heavy (non-hydrogen) atoms. The molecule has 3 amide bonds. The topological polar surface area (TPSA) is 85.2 Å². The average Bonchev–Trinajstić information content (AvgIpc) is 3.38. The minimum Gasteiger partial charge on any atom is -0.365 e. The first-order valence-corrected chi connectivity index (χ1v) is 11.7. The van der Waals surface area contributed by atoms with Crippen LogP contribution in [0.25, 0.3) is 5.65 Å². The van der Waals surface area contributed by atoms with Gasteiger partial charge in [0.1, 0.15) is 11.7 Å². The molecule has 168 valence electrons. The van der Waals surface area contributed by atoms with Crippen LogP contribution in [0.4, 0.5) is 16.3 Å². The molecular formula is C20H28ClN7O2S. The first-order valence-electron chi connectivity index (χ1n) is 10.3. The van der Waals surface area contributed by atoms with Crippen LogP contribution >= 0.6 is 23.5 Å². The van der Waals surface area contributed by atoms with Gasteiger partial charge >= 0.3 is 6.03 Å². The largest absolute Gasteiger partial charge is 0.365 e. The van der Waals surface area contributed by atoms with Crippen LogP contribution in [-0.4, -0.2) is 82.8 Å². The van der Waals surface area contributed by atoms with Gasteiger partial charge in [-0.05, 0) is 37.8 Å². The number of nitrogens with one attached hydrogen (secondary N) is 2. The molecule has 4 rings (SSSR count). The van der Waals surface area contributed by atoms with Crippen molar-refractivity contribution in [2.45, 2.75) is 30.2 Å². The van der Waals surface area contributed by atoms with Gasteiger partial charge in [0.25, 0.3) is 0 Å². The van der Waals surface area contributed by atoms with Crippen molar-refractivity contribution in [2.24, 2.45) is 0 Å². The van der Waals surface area contributed by atoms with Gasteiger partial charge in [-0.3, -0.25) is 13.9 Å². The number of pyridine rings is 1. The molecule has 0 atom stereocenters. The van der Waals surface area contributed by atoms with Gasteiger partial charge in [-0.1, -0.05) is 0 Å². The predicted molar refractivity (Wildman–Crippen MR) is 124 cm³/mol. The van der Waals surface area contributed by atoms with E-state index in [0.29, 0.717) is 32.0 Å². The van der Waals surface area contributed by atoms with Crippen molar-refractivity contribution in [1.82, 2.24) is 23.9 Å². The molecule has 2 aromatic rings. The number of hydrogen-bond acceptors (Lipinski definition) is 6. The van der Waals surface area contributed by atoms with Gasteiger partial charge in [0.2, 0.25) is 5.91 Å². The maximum absolute atomic E-state index is 12.3. The number of hydrogen-bond donors (Lipinski definition) is 2. The second-order valence-electron chi connectivity index (χ2n) is 8.50. The highest BCUT2D eigenvalue weighted by atomic mass is 35.5. The highest BCUT2D eigenvalue weighted by Crippen LogP contribution is 2.38. The summed E-state index contributed by atoms with van der Waals surface area (Å²) in [7, 11) is 3.54. The first-order chi connectivity index (χ1) is 14.8. The number of aromatic nitrogens is 2. The number of carbonyl (C=O) groups is 2. The summed E-state index contributed by atoms with van der Waals surface area (Å²) < 4.78 is 5.44.